The minimum Gasteiger partial charge on any atom is -0.444 e. The van der Waals surface area contributed by atoms with E-state index in [0.717, 1.165) is 12.1 Å². The van der Waals surface area contributed by atoms with E-state index in [1.807, 2.05) is 13.8 Å². The van der Waals surface area contributed by atoms with Crippen molar-refractivity contribution in [3.05, 3.63) is 35.4 Å². The van der Waals surface area contributed by atoms with Gasteiger partial charge in [-0.3, -0.25) is 0 Å². The molecule has 0 spiro atoms. The molecule has 0 aliphatic rings. The van der Waals surface area contributed by atoms with Gasteiger partial charge in [-0.2, -0.15) is 13.2 Å². The number of nitrogens with one attached hydrogen (secondary N) is 2. The molecule has 0 fully saturated rings. The zero-order valence-electron chi connectivity index (χ0n) is 15.3. The molecule has 1 amide bonds. The SMILES string of the molecule is CC(C)[C@@H](CNCc1cccc(C(F)(F)F)c1)NC(=O)OC(C)(C)C. The van der Waals surface area contributed by atoms with Gasteiger partial charge in [0.05, 0.1) is 5.56 Å². The number of carbonyl (C=O) groups excluding carboxylic acids is 1. The van der Waals surface area contributed by atoms with E-state index in [0.29, 0.717) is 12.1 Å². The first-order chi connectivity index (χ1) is 11.4. The molecule has 0 radical (unpaired) electrons. The summed E-state index contributed by atoms with van der Waals surface area (Å²) in [7, 11) is 0. The first kappa shape index (κ1) is 21.3. The standard InChI is InChI=1S/C18H27F3N2O2/c1-12(2)15(23-16(24)25-17(3,4)5)11-22-10-13-7-6-8-14(9-13)18(19,20)21/h6-9,12,15,22H,10-11H2,1-5H3,(H,23,24)/t15-/m1/s1. The number of alkyl halides is 3. The topological polar surface area (TPSA) is 50.4 Å². The molecule has 142 valence electrons. The molecule has 2 N–H and O–H groups in total. The molecule has 25 heavy (non-hydrogen) atoms. The molecule has 4 nitrogen and oxygen atoms in total. The average Bonchev–Trinajstić information content (AvgIpc) is 2.43. The smallest absolute Gasteiger partial charge is 0.416 e. The van der Waals surface area contributed by atoms with Crippen molar-refractivity contribution in [2.24, 2.45) is 5.92 Å². The number of halogens is 3. The van der Waals surface area contributed by atoms with E-state index >= 15 is 0 Å². The second-order valence-corrected chi connectivity index (χ2v) is 7.33. The number of amides is 1. The van der Waals surface area contributed by atoms with Crippen LogP contribution in [0.1, 0.15) is 45.7 Å². The summed E-state index contributed by atoms with van der Waals surface area (Å²) in [5, 5.41) is 5.88. The Labute approximate surface area is 147 Å². The molecule has 0 unspecified atom stereocenters. The summed E-state index contributed by atoms with van der Waals surface area (Å²) >= 11 is 0. The maximum atomic E-state index is 12.7. The van der Waals surface area contributed by atoms with Crippen molar-refractivity contribution in [3.63, 3.8) is 0 Å². The highest BCUT2D eigenvalue weighted by Crippen LogP contribution is 2.29. The zero-order valence-corrected chi connectivity index (χ0v) is 15.3. The van der Waals surface area contributed by atoms with Gasteiger partial charge in [-0.1, -0.05) is 32.0 Å². The summed E-state index contributed by atoms with van der Waals surface area (Å²) in [6.45, 7) is 9.95. The van der Waals surface area contributed by atoms with Crippen LogP contribution in [0.25, 0.3) is 0 Å². The molecule has 0 bridgehead atoms. The second kappa shape index (κ2) is 8.56. The molecule has 0 aromatic heterocycles. The number of hydrogen-bond donors (Lipinski definition) is 2. The molecule has 1 atom stereocenters. The number of carbonyl (C=O) groups is 1. The lowest BCUT2D eigenvalue weighted by Crippen LogP contribution is -2.46. The normalized spacial score (nSPS) is 13.6. The van der Waals surface area contributed by atoms with Crippen LogP contribution in [0.4, 0.5) is 18.0 Å². The van der Waals surface area contributed by atoms with Gasteiger partial charge >= 0.3 is 12.3 Å². The molecule has 0 aliphatic heterocycles. The Hall–Kier alpha value is -1.76. The molecule has 1 aromatic carbocycles. The quantitative estimate of drug-likeness (QED) is 0.793. The van der Waals surface area contributed by atoms with Gasteiger partial charge in [0, 0.05) is 19.1 Å². The largest absolute Gasteiger partial charge is 0.444 e. The molecule has 0 heterocycles. The van der Waals surface area contributed by atoms with Crippen LogP contribution in [0.15, 0.2) is 24.3 Å². The highest BCUT2D eigenvalue weighted by molar-refractivity contribution is 5.68. The van der Waals surface area contributed by atoms with Crippen LogP contribution in [-0.2, 0) is 17.5 Å². The van der Waals surface area contributed by atoms with E-state index in [1.54, 1.807) is 26.8 Å². The lowest BCUT2D eigenvalue weighted by Gasteiger charge is -2.26. The van der Waals surface area contributed by atoms with Gasteiger partial charge in [0.1, 0.15) is 5.60 Å². The highest BCUT2D eigenvalue weighted by atomic mass is 19.4. The van der Waals surface area contributed by atoms with E-state index < -0.39 is 23.4 Å². The van der Waals surface area contributed by atoms with Crippen molar-refractivity contribution < 1.29 is 22.7 Å². The molecule has 1 rings (SSSR count). The third-order valence-corrected chi connectivity index (χ3v) is 3.45. The van der Waals surface area contributed by atoms with Crippen LogP contribution in [0, 0.1) is 5.92 Å². The van der Waals surface area contributed by atoms with Crippen molar-refractivity contribution in [2.75, 3.05) is 6.54 Å². The van der Waals surface area contributed by atoms with Gasteiger partial charge in [0.2, 0.25) is 0 Å². The first-order valence-corrected chi connectivity index (χ1v) is 8.25. The van der Waals surface area contributed by atoms with Gasteiger partial charge < -0.3 is 15.4 Å². The van der Waals surface area contributed by atoms with Crippen molar-refractivity contribution in [1.29, 1.82) is 0 Å². The summed E-state index contributed by atoms with van der Waals surface area (Å²) in [5.74, 6) is 0.140. The Morgan fingerprint density at radius 2 is 1.84 bits per heavy atom. The Kier molecular flexibility index (Phi) is 7.29. The van der Waals surface area contributed by atoms with Gasteiger partial charge in [0.15, 0.2) is 0 Å². The fraction of sp³-hybridized carbons (Fsp3) is 0.611. The van der Waals surface area contributed by atoms with Crippen molar-refractivity contribution in [3.8, 4) is 0 Å². The van der Waals surface area contributed by atoms with Gasteiger partial charge in [-0.25, -0.2) is 4.79 Å². The third kappa shape index (κ3) is 8.25. The van der Waals surface area contributed by atoms with Gasteiger partial charge in [0.25, 0.3) is 0 Å². The molecule has 7 heteroatoms. The number of rotatable bonds is 6. The van der Waals surface area contributed by atoms with Crippen LogP contribution < -0.4 is 10.6 Å². The zero-order chi connectivity index (χ0) is 19.3. The van der Waals surface area contributed by atoms with Crippen molar-refractivity contribution in [2.45, 2.75) is 59.0 Å². The Bertz CT molecular complexity index is 566. The van der Waals surface area contributed by atoms with Crippen LogP contribution in [-0.4, -0.2) is 24.3 Å². The molecule has 0 saturated carbocycles. The summed E-state index contributed by atoms with van der Waals surface area (Å²) in [4.78, 5) is 11.9. The Morgan fingerprint density at radius 3 is 2.36 bits per heavy atom. The van der Waals surface area contributed by atoms with Gasteiger partial charge in [-0.15, -0.1) is 0 Å². The maximum absolute atomic E-state index is 12.7. The first-order valence-electron chi connectivity index (χ1n) is 8.25. The minimum atomic E-state index is -4.35. The number of ether oxygens (including phenoxy) is 1. The lowest BCUT2D eigenvalue weighted by molar-refractivity contribution is -0.137. The number of benzene rings is 1. The van der Waals surface area contributed by atoms with E-state index in [1.165, 1.54) is 6.07 Å². The number of hydrogen-bond acceptors (Lipinski definition) is 3. The molecular weight excluding hydrogens is 333 g/mol. The fourth-order valence-corrected chi connectivity index (χ4v) is 2.14. The highest BCUT2D eigenvalue weighted by Gasteiger charge is 2.30. The fourth-order valence-electron chi connectivity index (χ4n) is 2.14. The van der Waals surface area contributed by atoms with Gasteiger partial charge in [-0.05, 0) is 38.3 Å². The monoisotopic (exact) mass is 360 g/mol. The predicted molar refractivity (Wildman–Crippen MR) is 91.1 cm³/mol. The van der Waals surface area contributed by atoms with Crippen LogP contribution in [0.5, 0.6) is 0 Å². The summed E-state index contributed by atoms with van der Waals surface area (Å²) < 4.78 is 43.4. The molecule has 1 aromatic rings. The summed E-state index contributed by atoms with van der Waals surface area (Å²) in [6, 6.07) is 5.00. The predicted octanol–water partition coefficient (Wildman–Crippen LogP) is 4.34. The number of alkyl carbamates (subject to hydrolysis) is 1. The second-order valence-electron chi connectivity index (χ2n) is 7.33. The Balaban J connectivity index is 2.57. The minimum absolute atomic E-state index is 0.140. The van der Waals surface area contributed by atoms with Crippen molar-refractivity contribution >= 4 is 6.09 Å². The molecule has 0 saturated heterocycles. The summed E-state index contributed by atoms with van der Waals surface area (Å²) in [6.07, 6.45) is -4.86. The molecule has 0 aliphatic carbocycles. The van der Waals surface area contributed by atoms with Crippen LogP contribution in [0.3, 0.4) is 0 Å². The lowest BCUT2D eigenvalue weighted by atomic mass is 10.0. The Morgan fingerprint density at radius 1 is 1.20 bits per heavy atom. The maximum Gasteiger partial charge on any atom is 0.416 e. The van der Waals surface area contributed by atoms with Crippen LogP contribution in [0.2, 0.25) is 0 Å². The van der Waals surface area contributed by atoms with E-state index in [2.05, 4.69) is 10.6 Å². The van der Waals surface area contributed by atoms with E-state index in [4.69, 9.17) is 4.74 Å². The third-order valence-electron chi connectivity index (χ3n) is 3.45. The van der Waals surface area contributed by atoms with E-state index in [-0.39, 0.29) is 18.5 Å². The summed E-state index contributed by atoms with van der Waals surface area (Å²) in [5.41, 5.74) is -0.717. The van der Waals surface area contributed by atoms with Crippen LogP contribution >= 0.6 is 0 Å². The molecular formula is C18H27F3N2O2. The average molecular weight is 360 g/mol. The van der Waals surface area contributed by atoms with E-state index in [9.17, 15) is 18.0 Å². The van der Waals surface area contributed by atoms with Crippen molar-refractivity contribution in [1.82, 2.24) is 10.6 Å².